The van der Waals surface area contributed by atoms with Crippen LogP contribution >= 0.6 is 0 Å². The molecule has 2 amide bonds. The van der Waals surface area contributed by atoms with Gasteiger partial charge in [0.1, 0.15) is 5.52 Å². The van der Waals surface area contributed by atoms with Gasteiger partial charge < -0.3 is 4.90 Å². The molecule has 3 aromatic heterocycles. The van der Waals surface area contributed by atoms with Crippen molar-refractivity contribution in [2.24, 2.45) is 0 Å². The summed E-state index contributed by atoms with van der Waals surface area (Å²) in [5.74, 6) is 0. The molecule has 3 aromatic rings. The number of aromatic nitrogens is 3. The number of nitrogens with zero attached hydrogens (tertiary/aromatic N) is 5. The molecule has 0 spiro atoms. The second-order valence-electron chi connectivity index (χ2n) is 9.09. The van der Waals surface area contributed by atoms with E-state index in [0.717, 1.165) is 83.3 Å². The van der Waals surface area contributed by atoms with Crippen LogP contribution < -0.4 is 4.90 Å². The number of carbonyl (C=O) groups is 1. The zero-order chi connectivity index (χ0) is 22.9. The first kappa shape index (κ1) is 21.6. The van der Waals surface area contributed by atoms with Crippen molar-refractivity contribution < 1.29 is 4.79 Å². The molecule has 6 nitrogen and oxygen atoms in total. The van der Waals surface area contributed by atoms with E-state index in [1.807, 2.05) is 42.5 Å². The fourth-order valence-electron chi connectivity index (χ4n) is 5.22. The molecular weight excluding hydrogens is 410 g/mol. The maximum atomic E-state index is 13.5. The van der Waals surface area contributed by atoms with Gasteiger partial charge in [0.05, 0.1) is 23.4 Å². The Morgan fingerprint density at radius 1 is 1.09 bits per heavy atom. The lowest BCUT2D eigenvalue weighted by molar-refractivity contribution is 0.206. The third-order valence-corrected chi connectivity index (χ3v) is 6.74. The summed E-state index contributed by atoms with van der Waals surface area (Å²) in [6, 6.07) is 8.41. The van der Waals surface area contributed by atoms with Gasteiger partial charge in [0, 0.05) is 47.9 Å². The number of hydrogen-bond donors (Lipinski definition) is 0. The third kappa shape index (κ3) is 3.77. The summed E-state index contributed by atoms with van der Waals surface area (Å²) in [6.07, 6.45) is 12.0. The smallest absolute Gasteiger partial charge is 0.323 e. The Kier molecular flexibility index (Phi) is 5.83. The van der Waals surface area contributed by atoms with Crippen LogP contribution in [0.1, 0.15) is 68.5 Å². The maximum Gasteiger partial charge on any atom is 0.324 e. The second kappa shape index (κ2) is 8.93. The Labute approximate surface area is 195 Å². The van der Waals surface area contributed by atoms with Crippen molar-refractivity contribution in [2.45, 2.75) is 65.0 Å². The summed E-state index contributed by atoms with van der Waals surface area (Å²) in [5, 5.41) is 0. The van der Waals surface area contributed by atoms with Gasteiger partial charge in [-0.3, -0.25) is 14.9 Å². The van der Waals surface area contributed by atoms with Crippen LogP contribution in [0.5, 0.6) is 0 Å². The molecule has 0 saturated heterocycles. The minimum Gasteiger partial charge on any atom is -0.323 e. The molecule has 1 aliphatic carbocycles. The summed E-state index contributed by atoms with van der Waals surface area (Å²) < 4.78 is 0. The molecule has 2 aliphatic rings. The summed E-state index contributed by atoms with van der Waals surface area (Å²) in [6.45, 7) is 4.92. The van der Waals surface area contributed by atoms with Crippen LogP contribution in [0.25, 0.3) is 16.6 Å². The van der Waals surface area contributed by atoms with Gasteiger partial charge in [-0.25, -0.2) is 9.78 Å². The third-order valence-electron chi connectivity index (χ3n) is 6.74. The van der Waals surface area contributed by atoms with E-state index in [1.165, 1.54) is 0 Å². The number of carbonyl (C=O) groups excluding carboxylic acids is 1. The van der Waals surface area contributed by atoms with Crippen LogP contribution in [0.4, 0.5) is 10.5 Å². The summed E-state index contributed by atoms with van der Waals surface area (Å²) in [5.41, 5.74) is 7.96. The minimum absolute atomic E-state index is 0.0560. The molecule has 0 N–H and O–H groups in total. The molecule has 4 heterocycles. The molecular formula is C27H31N5O. The lowest BCUT2D eigenvalue weighted by Gasteiger charge is -2.40. The number of allylic oxidation sites excluding steroid dienone is 1. The first-order valence-electron chi connectivity index (χ1n) is 12.1. The molecule has 0 radical (unpaired) electrons. The van der Waals surface area contributed by atoms with Crippen molar-refractivity contribution in [2.75, 3.05) is 11.9 Å². The maximum absolute atomic E-state index is 13.5. The first-order chi connectivity index (χ1) is 16.1. The largest absolute Gasteiger partial charge is 0.324 e. The number of fused-ring (bicyclic) bond motifs is 4. The SMILES string of the molecule is CCCC(CCC)N1C(=O)N(C)Cc2cnc3ccc(C4=CCCc5ncccc54)nc3c21. The molecule has 5 rings (SSSR count). The lowest BCUT2D eigenvalue weighted by Crippen LogP contribution is -2.50. The Hall–Kier alpha value is -3.28. The van der Waals surface area contributed by atoms with E-state index in [2.05, 4.69) is 31.0 Å². The van der Waals surface area contributed by atoms with Crippen LogP contribution in [-0.2, 0) is 13.0 Å². The fourth-order valence-corrected chi connectivity index (χ4v) is 5.22. The Morgan fingerprint density at radius 2 is 1.91 bits per heavy atom. The zero-order valence-corrected chi connectivity index (χ0v) is 19.7. The van der Waals surface area contributed by atoms with Crippen molar-refractivity contribution in [3.05, 3.63) is 65.2 Å². The van der Waals surface area contributed by atoms with Crippen molar-refractivity contribution in [3.8, 4) is 0 Å². The molecule has 0 unspecified atom stereocenters. The molecule has 33 heavy (non-hydrogen) atoms. The van der Waals surface area contributed by atoms with E-state index >= 15 is 0 Å². The van der Waals surface area contributed by atoms with Crippen LogP contribution in [0.3, 0.4) is 0 Å². The predicted octanol–water partition coefficient (Wildman–Crippen LogP) is 5.74. The topological polar surface area (TPSA) is 62.2 Å². The molecule has 0 fully saturated rings. The highest BCUT2D eigenvalue weighted by Gasteiger charge is 2.35. The molecule has 0 bridgehead atoms. The van der Waals surface area contributed by atoms with Crippen molar-refractivity contribution >= 4 is 28.3 Å². The Bertz CT molecular complexity index is 1230. The average molecular weight is 442 g/mol. The van der Waals surface area contributed by atoms with E-state index in [0.29, 0.717) is 6.54 Å². The van der Waals surface area contributed by atoms with Crippen LogP contribution in [0.15, 0.2) is 42.7 Å². The van der Waals surface area contributed by atoms with Gasteiger partial charge in [-0.05, 0) is 43.9 Å². The van der Waals surface area contributed by atoms with E-state index in [-0.39, 0.29) is 12.1 Å². The highest BCUT2D eigenvalue weighted by molar-refractivity contribution is 6.04. The number of anilines is 1. The number of hydrogen-bond acceptors (Lipinski definition) is 4. The number of rotatable bonds is 6. The van der Waals surface area contributed by atoms with Gasteiger partial charge in [-0.1, -0.05) is 38.8 Å². The monoisotopic (exact) mass is 441 g/mol. The average Bonchev–Trinajstić information content (AvgIpc) is 2.84. The highest BCUT2D eigenvalue weighted by Crippen LogP contribution is 2.38. The van der Waals surface area contributed by atoms with Crippen molar-refractivity contribution in [1.82, 2.24) is 19.9 Å². The summed E-state index contributed by atoms with van der Waals surface area (Å²) in [7, 11) is 1.87. The highest BCUT2D eigenvalue weighted by atomic mass is 16.2. The molecule has 0 saturated carbocycles. The van der Waals surface area contributed by atoms with Crippen LogP contribution in [0, 0.1) is 0 Å². The molecule has 1 aliphatic heterocycles. The van der Waals surface area contributed by atoms with Gasteiger partial charge in [0.2, 0.25) is 0 Å². The van der Waals surface area contributed by atoms with Gasteiger partial charge in [0.25, 0.3) is 0 Å². The zero-order valence-electron chi connectivity index (χ0n) is 19.7. The van der Waals surface area contributed by atoms with E-state index < -0.39 is 0 Å². The minimum atomic E-state index is 0.0560. The van der Waals surface area contributed by atoms with Crippen molar-refractivity contribution in [1.29, 1.82) is 0 Å². The number of amides is 2. The quantitative estimate of drug-likeness (QED) is 0.489. The van der Waals surface area contributed by atoms with Gasteiger partial charge in [0.15, 0.2) is 0 Å². The molecule has 6 heteroatoms. The fraction of sp³-hybridized carbons (Fsp3) is 0.407. The number of urea groups is 1. The standard InChI is InChI=1S/C27H31N5O/c1-4-8-19(9-5-2)32-26-18(17-31(3)27(32)33)16-29-24-14-13-23(30-25(24)26)21-10-6-12-22-20(21)11-7-15-28-22/h7,10-11,13-16,19H,4-6,8-9,12,17H2,1-3H3. The van der Waals surface area contributed by atoms with Crippen LogP contribution in [0.2, 0.25) is 0 Å². The van der Waals surface area contributed by atoms with Gasteiger partial charge in [-0.15, -0.1) is 0 Å². The lowest BCUT2D eigenvalue weighted by atomic mass is 9.92. The second-order valence-corrected chi connectivity index (χ2v) is 9.09. The first-order valence-corrected chi connectivity index (χ1v) is 12.1. The number of pyridine rings is 3. The molecule has 0 aromatic carbocycles. The summed E-state index contributed by atoms with van der Waals surface area (Å²) >= 11 is 0. The molecule has 0 atom stereocenters. The van der Waals surface area contributed by atoms with E-state index in [1.54, 1.807) is 4.90 Å². The van der Waals surface area contributed by atoms with E-state index in [4.69, 9.17) is 9.97 Å². The summed E-state index contributed by atoms with van der Waals surface area (Å²) in [4.78, 5) is 31.7. The normalized spacial score (nSPS) is 15.6. The van der Waals surface area contributed by atoms with Gasteiger partial charge in [-0.2, -0.15) is 0 Å². The number of aryl methyl sites for hydroxylation is 1. The van der Waals surface area contributed by atoms with Crippen LogP contribution in [-0.4, -0.2) is 39.0 Å². The Morgan fingerprint density at radius 3 is 2.70 bits per heavy atom. The van der Waals surface area contributed by atoms with E-state index in [9.17, 15) is 4.79 Å². The Balaban J connectivity index is 1.69. The van der Waals surface area contributed by atoms with Crippen molar-refractivity contribution in [3.63, 3.8) is 0 Å². The predicted molar refractivity (Wildman–Crippen MR) is 132 cm³/mol. The molecule has 170 valence electrons. The van der Waals surface area contributed by atoms with Gasteiger partial charge >= 0.3 is 6.03 Å².